The van der Waals surface area contributed by atoms with Crippen molar-refractivity contribution in [2.45, 2.75) is 6.42 Å². The van der Waals surface area contributed by atoms with E-state index < -0.39 is 0 Å². The zero-order valence-corrected chi connectivity index (χ0v) is 17.6. The molecule has 0 unspecified atom stereocenters. The third-order valence-electron chi connectivity index (χ3n) is 5.99. The van der Waals surface area contributed by atoms with Gasteiger partial charge in [0.1, 0.15) is 5.82 Å². The summed E-state index contributed by atoms with van der Waals surface area (Å²) in [4.78, 5) is 37.3. The van der Waals surface area contributed by atoms with Crippen molar-refractivity contribution in [1.82, 2.24) is 19.7 Å². The van der Waals surface area contributed by atoms with E-state index in [1.54, 1.807) is 36.7 Å². The van der Waals surface area contributed by atoms with Crippen molar-refractivity contribution in [3.8, 4) is 0 Å². The van der Waals surface area contributed by atoms with Gasteiger partial charge in [0.25, 0.3) is 5.91 Å². The molecule has 1 aromatic carbocycles. The number of pyridine rings is 1. The summed E-state index contributed by atoms with van der Waals surface area (Å²) in [6.45, 7) is 5.56. The smallest absolute Gasteiger partial charge is 0.254 e. The number of amides is 2. The number of carbonyl (C=O) groups excluding carboxylic acids is 2. The minimum Gasteiger partial charge on any atom is -0.366 e. The topological polar surface area (TPSA) is 60.0 Å². The van der Waals surface area contributed by atoms with Crippen LogP contribution in [-0.2, 0) is 4.79 Å². The first-order valence-electron chi connectivity index (χ1n) is 10.8. The summed E-state index contributed by atoms with van der Waals surface area (Å²) in [5.74, 6) is -0.111. The van der Waals surface area contributed by atoms with Crippen LogP contribution in [0.4, 0.5) is 10.1 Å². The van der Waals surface area contributed by atoms with Gasteiger partial charge in [-0.25, -0.2) is 4.39 Å². The standard InChI is InChI=1S/C23H28FN5O2/c24-20-4-1-2-5-21(20)27-14-16-28(17-15-27)22(30)18-26-10-3-11-29(13-12-26)23(31)19-6-8-25-9-7-19/h1-2,4-9H,3,10-18H2. The average Bonchev–Trinajstić information content (AvgIpc) is 3.05. The first kappa shape index (κ1) is 21.2. The molecule has 8 heteroatoms. The predicted molar refractivity (Wildman–Crippen MR) is 116 cm³/mol. The predicted octanol–water partition coefficient (Wildman–Crippen LogP) is 1.72. The van der Waals surface area contributed by atoms with Crippen LogP contribution in [0, 0.1) is 5.82 Å². The molecule has 4 rings (SSSR count). The Kier molecular flexibility index (Phi) is 6.76. The molecule has 0 atom stereocenters. The number of hydrogen-bond donors (Lipinski definition) is 0. The van der Waals surface area contributed by atoms with Gasteiger partial charge in [0, 0.05) is 70.3 Å². The van der Waals surface area contributed by atoms with Crippen molar-refractivity contribution in [2.75, 3.05) is 63.8 Å². The molecule has 2 aromatic rings. The summed E-state index contributed by atoms with van der Waals surface area (Å²) in [5, 5.41) is 0. The van der Waals surface area contributed by atoms with Crippen LogP contribution in [0.2, 0.25) is 0 Å². The average molecular weight is 426 g/mol. The molecule has 2 fully saturated rings. The number of rotatable bonds is 4. The number of benzene rings is 1. The quantitative estimate of drug-likeness (QED) is 0.747. The number of anilines is 1. The minimum atomic E-state index is -0.224. The van der Waals surface area contributed by atoms with E-state index >= 15 is 0 Å². The van der Waals surface area contributed by atoms with Gasteiger partial charge in [-0.2, -0.15) is 0 Å². The molecule has 2 aliphatic heterocycles. The molecule has 2 aliphatic rings. The molecule has 2 amide bonds. The molecular weight excluding hydrogens is 397 g/mol. The molecule has 0 saturated carbocycles. The molecule has 0 N–H and O–H groups in total. The second kappa shape index (κ2) is 9.87. The molecule has 7 nitrogen and oxygen atoms in total. The first-order chi connectivity index (χ1) is 15.1. The van der Waals surface area contributed by atoms with Gasteiger partial charge in [0.15, 0.2) is 0 Å². The second-order valence-electron chi connectivity index (χ2n) is 7.98. The summed E-state index contributed by atoms with van der Waals surface area (Å²) in [5.41, 5.74) is 1.24. The van der Waals surface area contributed by atoms with Crippen LogP contribution < -0.4 is 4.90 Å². The van der Waals surface area contributed by atoms with Gasteiger partial charge in [-0.05, 0) is 30.7 Å². The summed E-state index contributed by atoms with van der Waals surface area (Å²) in [6, 6.07) is 10.2. The molecule has 0 radical (unpaired) electrons. The van der Waals surface area contributed by atoms with Crippen molar-refractivity contribution < 1.29 is 14.0 Å². The van der Waals surface area contributed by atoms with Gasteiger partial charge in [-0.15, -0.1) is 0 Å². The van der Waals surface area contributed by atoms with Gasteiger partial charge in [-0.3, -0.25) is 19.5 Å². The molecule has 2 saturated heterocycles. The maximum Gasteiger partial charge on any atom is 0.254 e. The highest BCUT2D eigenvalue weighted by atomic mass is 19.1. The summed E-state index contributed by atoms with van der Waals surface area (Å²) < 4.78 is 14.0. The number of aromatic nitrogens is 1. The van der Waals surface area contributed by atoms with Gasteiger partial charge in [0.05, 0.1) is 12.2 Å². The van der Waals surface area contributed by atoms with E-state index in [4.69, 9.17) is 0 Å². The second-order valence-corrected chi connectivity index (χ2v) is 7.98. The summed E-state index contributed by atoms with van der Waals surface area (Å²) in [7, 11) is 0. The largest absolute Gasteiger partial charge is 0.366 e. The summed E-state index contributed by atoms with van der Waals surface area (Å²) in [6.07, 6.45) is 4.09. The fraction of sp³-hybridized carbons (Fsp3) is 0.435. The first-order valence-corrected chi connectivity index (χ1v) is 10.8. The molecule has 0 aliphatic carbocycles. The SMILES string of the molecule is O=C(CN1CCCN(C(=O)c2ccncc2)CC1)N1CCN(c2ccccc2F)CC1. The third-order valence-corrected chi connectivity index (χ3v) is 5.99. The molecule has 1 aromatic heterocycles. The van der Waals surface area contributed by atoms with E-state index in [-0.39, 0.29) is 17.6 Å². The number of halogens is 1. The Hall–Kier alpha value is -3.00. The Morgan fingerprint density at radius 2 is 1.55 bits per heavy atom. The van der Waals surface area contributed by atoms with Crippen LogP contribution in [0.25, 0.3) is 0 Å². The molecule has 0 bridgehead atoms. The number of para-hydroxylation sites is 1. The van der Waals surface area contributed by atoms with Crippen LogP contribution in [0.3, 0.4) is 0 Å². The Labute approximate surface area is 182 Å². The number of nitrogens with zero attached hydrogens (tertiary/aromatic N) is 5. The monoisotopic (exact) mass is 425 g/mol. The van der Waals surface area contributed by atoms with Crippen molar-refractivity contribution in [3.63, 3.8) is 0 Å². The number of hydrogen-bond acceptors (Lipinski definition) is 5. The number of piperazine rings is 1. The zero-order valence-electron chi connectivity index (χ0n) is 17.6. The van der Waals surface area contributed by atoms with Gasteiger partial charge < -0.3 is 14.7 Å². The highest BCUT2D eigenvalue weighted by molar-refractivity contribution is 5.94. The molecule has 31 heavy (non-hydrogen) atoms. The van der Waals surface area contributed by atoms with Gasteiger partial charge >= 0.3 is 0 Å². The Morgan fingerprint density at radius 3 is 2.29 bits per heavy atom. The zero-order chi connectivity index (χ0) is 21.6. The van der Waals surface area contributed by atoms with Crippen molar-refractivity contribution in [3.05, 3.63) is 60.2 Å². The Bertz CT molecular complexity index is 902. The molecule has 164 valence electrons. The van der Waals surface area contributed by atoms with Crippen LogP contribution in [0.5, 0.6) is 0 Å². The van der Waals surface area contributed by atoms with E-state index in [1.807, 2.05) is 20.8 Å². The lowest BCUT2D eigenvalue weighted by molar-refractivity contribution is -0.132. The Balaban J connectivity index is 1.26. The maximum absolute atomic E-state index is 14.0. The summed E-state index contributed by atoms with van der Waals surface area (Å²) >= 11 is 0. The minimum absolute atomic E-state index is 0.0137. The van der Waals surface area contributed by atoms with E-state index in [1.165, 1.54) is 6.07 Å². The van der Waals surface area contributed by atoms with E-state index in [2.05, 4.69) is 9.88 Å². The lowest BCUT2D eigenvalue weighted by Gasteiger charge is -2.37. The highest BCUT2D eigenvalue weighted by Gasteiger charge is 2.26. The number of carbonyl (C=O) groups is 2. The fourth-order valence-electron chi connectivity index (χ4n) is 4.21. The molecular formula is C23H28FN5O2. The van der Waals surface area contributed by atoms with Gasteiger partial charge in [0.2, 0.25) is 5.91 Å². The molecule has 0 spiro atoms. The van der Waals surface area contributed by atoms with Crippen LogP contribution >= 0.6 is 0 Å². The van der Waals surface area contributed by atoms with E-state index in [0.29, 0.717) is 63.6 Å². The van der Waals surface area contributed by atoms with E-state index in [0.717, 1.165) is 13.0 Å². The van der Waals surface area contributed by atoms with Crippen LogP contribution in [-0.4, -0.2) is 90.4 Å². The van der Waals surface area contributed by atoms with Crippen molar-refractivity contribution in [2.24, 2.45) is 0 Å². The lowest BCUT2D eigenvalue weighted by Crippen LogP contribution is -2.51. The molecule has 3 heterocycles. The fourth-order valence-corrected chi connectivity index (χ4v) is 4.21. The van der Waals surface area contributed by atoms with Crippen LogP contribution in [0.1, 0.15) is 16.8 Å². The van der Waals surface area contributed by atoms with Crippen molar-refractivity contribution >= 4 is 17.5 Å². The third kappa shape index (κ3) is 5.19. The van der Waals surface area contributed by atoms with Gasteiger partial charge in [-0.1, -0.05) is 12.1 Å². The highest BCUT2D eigenvalue weighted by Crippen LogP contribution is 2.20. The van der Waals surface area contributed by atoms with E-state index in [9.17, 15) is 14.0 Å². The van der Waals surface area contributed by atoms with Crippen molar-refractivity contribution in [1.29, 1.82) is 0 Å². The Morgan fingerprint density at radius 1 is 0.839 bits per heavy atom. The maximum atomic E-state index is 14.0. The lowest BCUT2D eigenvalue weighted by atomic mass is 10.2. The van der Waals surface area contributed by atoms with Crippen LogP contribution in [0.15, 0.2) is 48.8 Å². The normalized spacial score (nSPS) is 18.0.